The molecule has 10 N–H and O–H groups in total. The van der Waals surface area contributed by atoms with Crippen LogP contribution in [-0.2, 0) is 10.0 Å². The molecule has 0 saturated heterocycles. The zero-order valence-electron chi connectivity index (χ0n) is 19.9. The molecule has 2 aromatic carbocycles. The molecule has 0 atom stereocenters. The fraction of sp³-hybridized carbons (Fsp3) is 0.292. The Morgan fingerprint density at radius 3 is 2.10 bits per heavy atom. The van der Waals surface area contributed by atoms with Gasteiger partial charge in [0.25, 0.3) is 10.3 Å². The molecule has 0 spiro atoms. The fourth-order valence-corrected chi connectivity index (χ4v) is 4.70. The van der Waals surface area contributed by atoms with Gasteiger partial charge in [0.05, 0.1) is 9.92 Å². The number of rotatable bonds is 4. The molecule has 1 aliphatic carbocycles. The third-order valence-electron chi connectivity index (χ3n) is 5.23. The molecule has 216 valence electrons. The van der Waals surface area contributed by atoms with E-state index in [0.29, 0.717) is 22.7 Å². The van der Waals surface area contributed by atoms with Gasteiger partial charge in [0.1, 0.15) is 11.5 Å². The van der Waals surface area contributed by atoms with Gasteiger partial charge in [-0.3, -0.25) is 0 Å². The molecule has 0 amide bonds. The van der Waals surface area contributed by atoms with E-state index in [1.54, 1.807) is 24.3 Å². The third kappa shape index (κ3) is 11.0. The number of nitrogens with two attached hydrogens (primary N) is 3. The average molecular weight is 623 g/mol. The standard InChI is InChI=1S/C21H20ClFN2O3S.2CH3NOS.CH4.H2O/c22-16-12-14(10-11-17(16)23)19-20(15-8-4-5-9-18(15)29(24,26)27)28-21(25-19)13-6-2-1-3-7-13;2*2-1(3)4;;/h4-5,8-13H,1-3,6-7H2,(H2,24,26,27);2*(H3,2,3,4);1H4;1H2. The van der Waals surface area contributed by atoms with E-state index >= 15 is 0 Å². The predicted octanol–water partition coefficient (Wildman–Crippen LogP) is 4.88. The molecular formula is C24H32ClFN4O6S3. The molecule has 0 aliphatic heterocycles. The Balaban J connectivity index is 0.00000128. The molecule has 39 heavy (non-hydrogen) atoms. The van der Waals surface area contributed by atoms with Crippen LogP contribution in [0.1, 0.15) is 51.3 Å². The number of primary sulfonamides is 1. The van der Waals surface area contributed by atoms with Crippen molar-refractivity contribution in [2.24, 2.45) is 16.6 Å². The number of oxazole rings is 1. The maximum absolute atomic E-state index is 13.7. The summed E-state index contributed by atoms with van der Waals surface area (Å²) in [6.45, 7) is 0. The number of aromatic nitrogens is 1. The second-order valence-electron chi connectivity index (χ2n) is 7.91. The normalized spacial score (nSPS) is 12.8. The monoisotopic (exact) mass is 622 g/mol. The molecule has 15 heteroatoms. The summed E-state index contributed by atoms with van der Waals surface area (Å²) in [6, 6.07) is 10.6. The third-order valence-corrected chi connectivity index (χ3v) is 6.49. The van der Waals surface area contributed by atoms with Crippen LogP contribution in [0.5, 0.6) is 0 Å². The first-order valence-electron chi connectivity index (χ1n) is 10.9. The van der Waals surface area contributed by atoms with Crippen molar-refractivity contribution in [2.75, 3.05) is 0 Å². The molecule has 3 aromatic rings. The highest BCUT2D eigenvalue weighted by molar-refractivity contribution is 7.89. The Morgan fingerprint density at radius 2 is 1.59 bits per heavy atom. The van der Waals surface area contributed by atoms with Crippen molar-refractivity contribution in [3.63, 3.8) is 0 Å². The molecule has 1 aromatic heterocycles. The van der Waals surface area contributed by atoms with Gasteiger partial charge >= 0.3 is 0 Å². The number of benzene rings is 2. The van der Waals surface area contributed by atoms with Crippen LogP contribution in [0.4, 0.5) is 4.39 Å². The van der Waals surface area contributed by atoms with Gasteiger partial charge in [0.2, 0.25) is 10.0 Å². The lowest BCUT2D eigenvalue weighted by molar-refractivity contribution is 0.367. The van der Waals surface area contributed by atoms with Gasteiger partial charge in [0, 0.05) is 17.0 Å². The molecular weight excluding hydrogens is 591 g/mol. The molecule has 1 saturated carbocycles. The highest BCUT2D eigenvalue weighted by Crippen LogP contribution is 2.41. The van der Waals surface area contributed by atoms with E-state index in [-0.39, 0.29) is 34.5 Å². The van der Waals surface area contributed by atoms with Crippen molar-refractivity contribution >= 4 is 56.4 Å². The number of thiocarbonyl (C=S) groups is 2. The number of halogens is 2. The lowest BCUT2D eigenvalue weighted by Gasteiger charge is -2.18. The maximum atomic E-state index is 13.7. The first-order valence-corrected chi connectivity index (χ1v) is 13.6. The molecule has 4 rings (SSSR count). The molecule has 0 radical (unpaired) electrons. The van der Waals surface area contributed by atoms with Crippen LogP contribution in [0.25, 0.3) is 22.6 Å². The number of hydrogen-bond acceptors (Lipinski definition) is 6. The first kappa shape index (κ1) is 36.1. The molecule has 1 heterocycles. The first-order chi connectivity index (χ1) is 17.3. The molecule has 1 aliphatic rings. The number of aliphatic hydroxyl groups is 2. The summed E-state index contributed by atoms with van der Waals surface area (Å²) in [5.74, 6) is 0.462. The Labute approximate surface area is 242 Å². The zero-order valence-corrected chi connectivity index (χ0v) is 23.1. The van der Waals surface area contributed by atoms with Crippen molar-refractivity contribution in [3.05, 3.63) is 59.2 Å². The summed E-state index contributed by atoms with van der Waals surface area (Å²) in [4.78, 5) is 4.64. The number of hydrogen-bond donors (Lipinski definition) is 5. The minimum atomic E-state index is -3.98. The molecule has 1 fully saturated rings. The number of nitrogens with zero attached hydrogens (tertiary/aromatic N) is 1. The van der Waals surface area contributed by atoms with E-state index < -0.39 is 26.2 Å². The van der Waals surface area contributed by atoms with E-state index in [0.717, 1.165) is 25.7 Å². The second-order valence-corrected chi connectivity index (χ2v) is 10.7. The summed E-state index contributed by atoms with van der Waals surface area (Å²) in [5.41, 5.74) is 10.1. The predicted molar refractivity (Wildman–Crippen MR) is 159 cm³/mol. The Bertz CT molecular complexity index is 1350. The summed E-state index contributed by atoms with van der Waals surface area (Å²) < 4.78 is 44.1. The minimum Gasteiger partial charge on any atom is -0.487 e. The van der Waals surface area contributed by atoms with E-state index in [1.807, 2.05) is 0 Å². The van der Waals surface area contributed by atoms with Crippen molar-refractivity contribution in [1.82, 2.24) is 4.98 Å². The highest BCUT2D eigenvalue weighted by atomic mass is 35.5. The quantitative estimate of drug-likeness (QED) is 0.249. The summed E-state index contributed by atoms with van der Waals surface area (Å²) in [6.07, 6.45) is 5.28. The summed E-state index contributed by atoms with van der Waals surface area (Å²) in [5, 5.41) is 19.5. The largest absolute Gasteiger partial charge is 0.487 e. The van der Waals surface area contributed by atoms with Crippen LogP contribution in [0.2, 0.25) is 5.02 Å². The Hall–Kier alpha value is -2.88. The van der Waals surface area contributed by atoms with Gasteiger partial charge in [-0.05, 0) is 67.6 Å². The maximum Gasteiger partial charge on any atom is 0.251 e. The lowest BCUT2D eigenvalue weighted by Crippen LogP contribution is -2.13. The van der Waals surface area contributed by atoms with Crippen LogP contribution >= 0.6 is 36.0 Å². The van der Waals surface area contributed by atoms with Gasteiger partial charge < -0.3 is 31.6 Å². The zero-order chi connectivity index (χ0) is 27.8. The van der Waals surface area contributed by atoms with Gasteiger partial charge in [-0.1, -0.05) is 50.4 Å². The Morgan fingerprint density at radius 1 is 1.05 bits per heavy atom. The molecule has 0 unspecified atom stereocenters. The van der Waals surface area contributed by atoms with Crippen molar-refractivity contribution in [3.8, 4) is 22.6 Å². The average Bonchev–Trinajstić information content (AvgIpc) is 3.26. The van der Waals surface area contributed by atoms with Crippen LogP contribution in [0, 0.1) is 5.82 Å². The molecule has 10 nitrogen and oxygen atoms in total. The van der Waals surface area contributed by atoms with E-state index in [2.05, 4.69) is 35.9 Å². The van der Waals surface area contributed by atoms with E-state index in [9.17, 15) is 12.8 Å². The number of sulfonamides is 1. The van der Waals surface area contributed by atoms with Crippen LogP contribution < -0.4 is 16.6 Å². The van der Waals surface area contributed by atoms with Crippen molar-refractivity contribution in [2.45, 2.75) is 50.3 Å². The van der Waals surface area contributed by atoms with Gasteiger partial charge in [-0.25, -0.2) is 22.9 Å². The van der Waals surface area contributed by atoms with Gasteiger partial charge in [-0.15, -0.1) is 0 Å². The van der Waals surface area contributed by atoms with E-state index in [1.165, 1.54) is 24.6 Å². The van der Waals surface area contributed by atoms with Gasteiger partial charge in [0.15, 0.2) is 11.7 Å². The highest BCUT2D eigenvalue weighted by Gasteiger charge is 2.27. The van der Waals surface area contributed by atoms with Crippen LogP contribution in [0.3, 0.4) is 0 Å². The lowest BCUT2D eigenvalue weighted by atomic mass is 9.89. The molecule has 0 bridgehead atoms. The van der Waals surface area contributed by atoms with Crippen molar-refractivity contribution < 1.29 is 32.9 Å². The van der Waals surface area contributed by atoms with E-state index in [4.69, 9.17) is 36.4 Å². The summed E-state index contributed by atoms with van der Waals surface area (Å²) >= 11 is 13.7. The van der Waals surface area contributed by atoms with Crippen molar-refractivity contribution in [1.29, 1.82) is 0 Å². The minimum absolute atomic E-state index is 0. The second kappa shape index (κ2) is 16.3. The van der Waals surface area contributed by atoms with Crippen LogP contribution in [0.15, 0.2) is 51.8 Å². The number of aliphatic hydroxyl groups excluding tert-OH is 2. The van der Waals surface area contributed by atoms with Crippen LogP contribution in [-0.4, -0.2) is 39.4 Å². The summed E-state index contributed by atoms with van der Waals surface area (Å²) in [7, 11) is -3.98. The SMILES string of the molecule is C.NC(O)=S.NC(O)=S.NS(=O)(=O)c1ccccc1-c1oc(C2CCCCC2)nc1-c1ccc(F)c(Cl)c1.O. The smallest absolute Gasteiger partial charge is 0.251 e. The fourth-order valence-electron chi connectivity index (χ4n) is 3.78. The Kier molecular flexibility index (Phi) is 15.1. The topological polar surface area (TPSA) is 210 Å². The van der Waals surface area contributed by atoms with Gasteiger partial charge in [-0.2, -0.15) is 0 Å².